The van der Waals surface area contributed by atoms with Crippen molar-refractivity contribution in [3.63, 3.8) is 0 Å². The molecule has 0 aliphatic rings. The van der Waals surface area contributed by atoms with Gasteiger partial charge < -0.3 is 4.74 Å². The molecule has 7 heteroatoms. The normalized spacial score (nSPS) is 11.1. The topological polar surface area (TPSA) is 99.3 Å². The van der Waals surface area contributed by atoms with E-state index in [-0.39, 0.29) is 12.2 Å². The molecule has 0 aromatic carbocycles. The molecule has 0 atom stereocenters. The molecule has 0 saturated heterocycles. The van der Waals surface area contributed by atoms with Gasteiger partial charge in [0.15, 0.2) is 5.03 Å². The van der Waals surface area contributed by atoms with Crippen LogP contribution in [0.4, 0.5) is 0 Å². The van der Waals surface area contributed by atoms with Gasteiger partial charge in [0.2, 0.25) is 0 Å². The smallest absolute Gasteiger partial charge is 0.341 e. The average molecular weight is 230 g/mol. The van der Waals surface area contributed by atoms with E-state index in [2.05, 4.69) is 9.72 Å². The summed E-state index contributed by atoms with van der Waals surface area (Å²) in [6.07, 6.45) is 1.24. The summed E-state index contributed by atoms with van der Waals surface area (Å²) in [4.78, 5) is 14.9. The summed E-state index contributed by atoms with van der Waals surface area (Å²) < 4.78 is 26.8. The lowest BCUT2D eigenvalue weighted by Gasteiger charge is -2.04. The molecule has 0 bridgehead atoms. The molecule has 2 N–H and O–H groups in total. The molecule has 0 aliphatic carbocycles. The van der Waals surface area contributed by atoms with Crippen LogP contribution in [0.15, 0.2) is 23.4 Å². The van der Waals surface area contributed by atoms with E-state index in [1.807, 2.05) is 0 Å². The minimum Gasteiger partial charge on any atom is -0.462 e. The second-order valence-electron chi connectivity index (χ2n) is 2.62. The highest BCUT2D eigenvalue weighted by atomic mass is 32.2. The Bertz CT molecular complexity index is 469. The van der Waals surface area contributed by atoms with Crippen LogP contribution in [-0.2, 0) is 14.8 Å². The van der Waals surface area contributed by atoms with Gasteiger partial charge in [-0.05, 0) is 19.1 Å². The average Bonchev–Trinajstić information content (AvgIpc) is 2.17. The Labute approximate surface area is 87.1 Å². The predicted octanol–water partition coefficient (Wildman–Crippen LogP) is -0.0943. The van der Waals surface area contributed by atoms with E-state index in [1.165, 1.54) is 18.3 Å². The Kier molecular flexibility index (Phi) is 3.38. The van der Waals surface area contributed by atoms with Crippen molar-refractivity contribution in [1.82, 2.24) is 4.98 Å². The van der Waals surface area contributed by atoms with Gasteiger partial charge in [0, 0.05) is 6.20 Å². The first-order valence-corrected chi connectivity index (χ1v) is 5.66. The lowest BCUT2D eigenvalue weighted by molar-refractivity contribution is 0.0521. The Morgan fingerprint density at radius 1 is 1.60 bits per heavy atom. The number of sulfonamides is 1. The maximum Gasteiger partial charge on any atom is 0.341 e. The molecule has 82 valence electrons. The first kappa shape index (κ1) is 11.6. The third kappa shape index (κ3) is 2.74. The van der Waals surface area contributed by atoms with E-state index in [1.54, 1.807) is 6.92 Å². The van der Waals surface area contributed by atoms with Crippen LogP contribution in [0.1, 0.15) is 17.3 Å². The Morgan fingerprint density at radius 3 is 2.80 bits per heavy atom. The molecule has 1 rings (SSSR count). The standard InChI is InChI=1S/C8H10N2O4S/c1-2-14-8(11)6-4-3-5-10-7(6)15(9,12)13/h3-5H,2H2,1H3,(H2,9,12,13). The number of nitrogens with zero attached hydrogens (tertiary/aromatic N) is 1. The summed E-state index contributed by atoms with van der Waals surface area (Å²) in [5.74, 6) is -0.755. The fraction of sp³-hybridized carbons (Fsp3) is 0.250. The van der Waals surface area contributed by atoms with Gasteiger partial charge in [0.05, 0.1) is 12.2 Å². The van der Waals surface area contributed by atoms with Crippen molar-refractivity contribution < 1.29 is 17.9 Å². The number of aromatic nitrogens is 1. The zero-order valence-corrected chi connectivity index (χ0v) is 8.82. The van der Waals surface area contributed by atoms with Crippen molar-refractivity contribution in [2.75, 3.05) is 6.61 Å². The van der Waals surface area contributed by atoms with Crippen LogP contribution in [0.3, 0.4) is 0 Å². The molecular weight excluding hydrogens is 220 g/mol. The van der Waals surface area contributed by atoms with E-state index in [0.29, 0.717) is 0 Å². The van der Waals surface area contributed by atoms with Crippen molar-refractivity contribution in [3.8, 4) is 0 Å². The number of hydrogen-bond donors (Lipinski definition) is 1. The monoisotopic (exact) mass is 230 g/mol. The zero-order valence-electron chi connectivity index (χ0n) is 8.00. The third-order valence-electron chi connectivity index (χ3n) is 1.54. The molecule has 15 heavy (non-hydrogen) atoms. The number of carbonyl (C=O) groups is 1. The van der Waals surface area contributed by atoms with Crippen LogP contribution >= 0.6 is 0 Å². The first-order chi connectivity index (χ1) is 6.96. The first-order valence-electron chi connectivity index (χ1n) is 4.11. The number of nitrogens with two attached hydrogens (primary N) is 1. The summed E-state index contributed by atoms with van der Waals surface area (Å²) in [6.45, 7) is 1.77. The van der Waals surface area contributed by atoms with Crippen molar-refractivity contribution in [2.45, 2.75) is 11.9 Å². The van der Waals surface area contributed by atoms with Gasteiger partial charge in [-0.15, -0.1) is 0 Å². The van der Waals surface area contributed by atoms with Gasteiger partial charge in [-0.2, -0.15) is 0 Å². The van der Waals surface area contributed by atoms with E-state index in [9.17, 15) is 13.2 Å². The summed E-state index contributed by atoms with van der Waals surface area (Å²) in [5.41, 5.74) is -0.151. The van der Waals surface area contributed by atoms with E-state index < -0.39 is 21.0 Å². The zero-order chi connectivity index (χ0) is 11.5. The Hall–Kier alpha value is -1.47. The van der Waals surface area contributed by atoms with Gasteiger partial charge >= 0.3 is 5.97 Å². The number of primary sulfonamides is 1. The second kappa shape index (κ2) is 4.37. The predicted molar refractivity (Wildman–Crippen MR) is 51.6 cm³/mol. The molecule has 0 spiro atoms. The Balaban J connectivity index is 3.25. The van der Waals surface area contributed by atoms with Gasteiger partial charge in [0.1, 0.15) is 0 Å². The molecule has 1 aromatic rings. The highest BCUT2D eigenvalue weighted by molar-refractivity contribution is 7.89. The van der Waals surface area contributed by atoms with Crippen molar-refractivity contribution in [2.24, 2.45) is 5.14 Å². The molecule has 0 fully saturated rings. The quantitative estimate of drug-likeness (QED) is 0.731. The molecular formula is C8H10N2O4S. The molecule has 6 nitrogen and oxygen atoms in total. The minimum absolute atomic E-state index is 0.151. The number of carbonyl (C=O) groups excluding carboxylic acids is 1. The molecule has 0 saturated carbocycles. The summed E-state index contributed by atoms with van der Waals surface area (Å²) in [7, 11) is -4.01. The van der Waals surface area contributed by atoms with Gasteiger partial charge in [0.25, 0.3) is 10.0 Å². The number of ether oxygens (including phenoxy) is 1. The van der Waals surface area contributed by atoms with Crippen LogP contribution < -0.4 is 5.14 Å². The summed E-state index contributed by atoms with van der Waals surface area (Å²) in [5, 5.41) is 4.42. The van der Waals surface area contributed by atoms with Gasteiger partial charge in [-0.1, -0.05) is 0 Å². The maximum absolute atomic E-state index is 11.3. The van der Waals surface area contributed by atoms with Crippen molar-refractivity contribution in [3.05, 3.63) is 23.9 Å². The number of hydrogen-bond acceptors (Lipinski definition) is 5. The van der Waals surface area contributed by atoms with E-state index >= 15 is 0 Å². The highest BCUT2D eigenvalue weighted by Crippen LogP contribution is 2.11. The number of pyridine rings is 1. The van der Waals surface area contributed by atoms with Crippen LogP contribution in [0.5, 0.6) is 0 Å². The fourth-order valence-electron chi connectivity index (χ4n) is 0.982. The maximum atomic E-state index is 11.3. The van der Waals surface area contributed by atoms with Crippen LogP contribution in [0.2, 0.25) is 0 Å². The van der Waals surface area contributed by atoms with E-state index in [0.717, 1.165) is 0 Å². The van der Waals surface area contributed by atoms with Gasteiger partial charge in [-0.3, -0.25) is 0 Å². The summed E-state index contributed by atoms with van der Waals surface area (Å²) >= 11 is 0. The van der Waals surface area contributed by atoms with Crippen LogP contribution in [0, 0.1) is 0 Å². The molecule has 0 aliphatic heterocycles. The molecule has 1 aromatic heterocycles. The second-order valence-corrected chi connectivity index (χ2v) is 4.10. The number of esters is 1. The molecule has 0 amide bonds. The largest absolute Gasteiger partial charge is 0.462 e. The lowest BCUT2D eigenvalue weighted by Crippen LogP contribution is -2.19. The highest BCUT2D eigenvalue weighted by Gasteiger charge is 2.20. The number of rotatable bonds is 3. The van der Waals surface area contributed by atoms with Crippen molar-refractivity contribution >= 4 is 16.0 Å². The minimum atomic E-state index is -4.01. The Morgan fingerprint density at radius 2 is 2.27 bits per heavy atom. The third-order valence-corrected chi connectivity index (χ3v) is 2.40. The SMILES string of the molecule is CCOC(=O)c1cccnc1S(N)(=O)=O. The van der Waals surface area contributed by atoms with Crippen LogP contribution in [0.25, 0.3) is 0 Å². The molecule has 0 unspecified atom stereocenters. The van der Waals surface area contributed by atoms with Crippen molar-refractivity contribution in [1.29, 1.82) is 0 Å². The van der Waals surface area contributed by atoms with Crippen LogP contribution in [-0.4, -0.2) is 26.0 Å². The molecule has 1 heterocycles. The summed E-state index contributed by atoms with van der Waals surface area (Å²) in [6, 6.07) is 2.73. The van der Waals surface area contributed by atoms with E-state index in [4.69, 9.17) is 5.14 Å². The fourth-order valence-corrected chi connectivity index (χ4v) is 1.65. The molecule has 0 radical (unpaired) electrons. The lowest BCUT2D eigenvalue weighted by atomic mass is 10.3. The van der Waals surface area contributed by atoms with Gasteiger partial charge in [-0.25, -0.2) is 23.3 Å².